The first kappa shape index (κ1) is 17.2. The number of hydrogen-bond acceptors (Lipinski definition) is 3. The first-order chi connectivity index (χ1) is 8.72. The van der Waals surface area contributed by atoms with Crippen LogP contribution >= 0.6 is 0 Å². The van der Waals surface area contributed by atoms with Crippen molar-refractivity contribution >= 4 is 17.9 Å². The van der Waals surface area contributed by atoms with Crippen molar-refractivity contribution in [3.05, 3.63) is 0 Å². The van der Waals surface area contributed by atoms with E-state index in [2.05, 4.69) is 10.6 Å². The van der Waals surface area contributed by atoms with E-state index in [1.807, 2.05) is 13.8 Å². The van der Waals surface area contributed by atoms with Crippen LogP contribution in [0.25, 0.3) is 0 Å². The Morgan fingerprint density at radius 3 is 2.21 bits per heavy atom. The van der Waals surface area contributed by atoms with Crippen LogP contribution in [0.4, 0.5) is 4.79 Å². The van der Waals surface area contributed by atoms with E-state index in [4.69, 9.17) is 10.8 Å². The van der Waals surface area contributed by atoms with Gasteiger partial charge in [-0.1, -0.05) is 13.8 Å². The predicted molar refractivity (Wildman–Crippen MR) is 70.4 cm³/mol. The highest BCUT2D eigenvalue weighted by Gasteiger charge is 2.17. The van der Waals surface area contributed by atoms with Crippen LogP contribution in [0.3, 0.4) is 0 Å². The zero-order valence-electron chi connectivity index (χ0n) is 11.6. The van der Waals surface area contributed by atoms with Gasteiger partial charge in [0.05, 0.1) is 0 Å². The van der Waals surface area contributed by atoms with Gasteiger partial charge in [0.2, 0.25) is 5.91 Å². The Morgan fingerprint density at radius 2 is 1.79 bits per heavy atom. The van der Waals surface area contributed by atoms with Gasteiger partial charge in [-0.15, -0.1) is 0 Å². The fraction of sp³-hybridized carbons (Fsp3) is 0.750. The molecule has 0 aliphatic rings. The molecule has 5 N–H and O–H groups in total. The SMILES string of the molecule is CC(C)C[C@H](CNC(=O)NC(C)C(N)=O)CC(=O)O. The number of carbonyl (C=O) groups excluding carboxylic acids is 2. The van der Waals surface area contributed by atoms with Crippen LogP contribution in [-0.4, -0.2) is 35.6 Å². The molecule has 0 saturated heterocycles. The maximum atomic E-state index is 11.5. The number of hydrogen-bond donors (Lipinski definition) is 4. The van der Waals surface area contributed by atoms with E-state index < -0.39 is 23.9 Å². The molecule has 7 nitrogen and oxygen atoms in total. The summed E-state index contributed by atoms with van der Waals surface area (Å²) in [6.07, 6.45) is 0.710. The van der Waals surface area contributed by atoms with Crippen molar-refractivity contribution in [2.75, 3.05) is 6.54 Å². The summed E-state index contributed by atoms with van der Waals surface area (Å²) in [6.45, 7) is 5.71. The minimum absolute atomic E-state index is 0.00380. The standard InChI is InChI=1S/C12H23N3O4/c1-7(2)4-9(5-10(16)17)6-14-12(19)15-8(3)11(13)18/h7-9H,4-6H2,1-3H3,(H2,13,18)(H,16,17)(H2,14,15,19)/t8?,9-/m0/s1. The molecular weight excluding hydrogens is 250 g/mol. The number of aliphatic carboxylic acids is 1. The van der Waals surface area contributed by atoms with Crippen molar-refractivity contribution in [2.24, 2.45) is 17.6 Å². The van der Waals surface area contributed by atoms with Crippen LogP contribution in [0.1, 0.15) is 33.6 Å². The molecule has 0 bridgehead atoms. The second kappa shape index (κ2) is 8.34. The highest BCUT2D eigenvalue weighted by Crippen LogP contribution is 2.14. The second-order valence-electron chi connectivity index (χ2n) is 5.07. The number of nitrogens with two attached hydrogens (primary N) is 1. The molecule has 19 heavy (non-hydrogen) atoms. The lowest BCUT2D eigenvalue weighted by atomic mass is 9.94. The van der Waals surface area contributed by atoms with Gasteiger partial charge in [0, 0.05) is 13.0 Å². The molecule has 1 unspecified atom stereocenters. The van der Waals surface area contributed by atoms with E-state index >= 15 is 0 Å². The lowest BCUT2D eigenvalue weighted by molar-refractivity contribution is -0.138. The average Bonchev–Trinajstić information content (AvgIpc) is 2.24. The minimum atomic E-state index is -0.890. The van der Waals surface area contributed by atoms with Gasteiger partial charge >= 0.3 is 12.0 Å². The van der Waals surface area contributed by atoms with Crippen molar-refractivity contribution in [3.8, 4) is 0 Å². The zero-order valence-corrected chi connectivity index (χ0v) is 11.6. The Morgan fingerprint density at radius 1 is 1.21 bits per heavy atom. The summed E-state index contributed by atoms with van der Waals surface area (Å²) in [7, 11) is 0. The van der Waals surface area contributed by atoms with E-state index in [1.54, 1.807) is 0 Å². The number of nitrogens with one attached hydrogen (secondary N) is 2. The molecule has 0 aromatic heterocycles. The zero-order chi connectivity index (χ0) is 15.0. The van der Waals surface area contributed by atoms with E-state index in [1.165, 1.54) is 6.92 Å². The lowest BCUT2D eigenvalue weighted by Crippen LogP contribution is -2.47. The molecule has 0 spiro atoms. The van der Waals surface area contributed by atoms with Crippen LogP contribution in [0.5, 0.6) is 0 Å². The Balaban J connectivity index is 4.19. The maximum absolute atomic E-state index is 11.5. The van der Waals surface area contributed by atoms with Crippen molar-refractivity contribution in [3.63, 3.8) is 0 Å². The average molecular weight is 273 g/mol. The summed E-state index contributed by atoms with van der Waals surface area (Å²) in [5.74, 6) is -1.30. The topological polar surface area (TPSA) is 122 Å². The normalized spacial score (nSPS) is 13.7. The summed E-state index contributed by atoms with van der Waals surface area (Å²) < 4.78 is 0. The molecule has 110 valence electrons. The van der Waals surface area contributed by atoms with Gasteiger partial charge in [-0.05, 0) is 25.2 Å². The van der Waals surface area contributed by atoms with Crippen LogP contribution in [0, 0.1) is 11.8 Å². The number of carboxylic acids is 1. The monoisotopic (exact) mass is 273 g/mol. The van der Waals surface area contributed by atoms with Crippen molar-refractivity contribution in [1.82, 2.24) is 10.6 Å². The fourth-order valence-electron chi connectivity index (χ4n) is 1.71. The Labute approximate surface area is 112 Å². The van der Waals surface area contributed by atoms with Crippen molar-refractivity contribution in [1.29, 1.82) is 0 Å². The van der Waals surface area contributed by atoms with Crippen molar-refractivity contribution in [2.45, 2.75) is 39.7 Å². The van der Waals surface area contributed by atoms with Gasteiger partial charge in [-0.3, -0.25) is 9.59 Å². The molecule has 0 radical (unpaired) electrons. The Kier molecular flexibility index (Phi) is 7.55. The van der Waals surface area contributed by atoms with Gasteiger partial charge in [0.15, 0.2) is 0 Å². The van der Waals surface area contributed by atoms with Crippen LogP contribution in [-0.2, 0) is 9.59 Å². The molecule has 0 aliphatic carbocycles. The summed E-state index contributed by atoms with van der Waals surface area (Å²) in [4.78, 5) is 32.9. The summed E-state index contributed by atoms with van der Waals surface area (Å²) in [5, 5.41) is 13.7. The van der Waals surface area contributed by atoms with Gasteiger partial charge in [0.25, 0.3) is 0 Å². The first-order valence-corrected chi connectivity index (χ1v) is 6.27. The molecule has 3 amide bonds. The number of carbonyl (C=O) groups is 3. The number of amides is 3. The second-order valence-corrected chi connectivity index (χ2v) is 5.07. The molecule has 0 aliphatic heterocycles. The highest BCUT2D eigenvalue weighted by molar-refractivity contribution is 5.85. The molecular formula is C12H23N3O4. The molecule has 0 heterocycles. The third kappa shape index (κ3) is 8.87. The minimum Gasteiger partial charge on any atom is -0.481 e. The molecule has 0 aromatic carbocycles. The third-order valence-electron chi connectivity index (χ3n) is 2.59. The van der Waals surface area contributed by atoms with E-state index in [-0.39, 0.29) is 18.9 Å². The molecule has 0 saturated carbocycles. The lowest BCUT2D eigenvalue weighted by Gasteiger charge is -2.18. The predicted octanol–water partition coefficient (Wildman–Crippen LogP) is 0.296. The van der Waals surface area contributed by atoms with Gasteiger partial charge < -0.3 is 21.5 Å². The largest absolute Gasteiger partial charge is 0.481 e. The van der Waals surface area contributed by atoms with Crippen LogP contribution in [0.15, 0.2) is 0 Å². The number of rotatable bonds is 8. The van der Waals surface area contributed by atoms with E-state index in [9.17, 15) is 14.4 Å². The van der Waals surface area contributed by atoms with Crippen LogP contribution in [0.2, 0.25) is 0 Å². The highest BCUT2D eigenvalue weighted by atomic mass is 16.4. The van der Waals surface area contributed by atoms with Gasteiger partial charge in [-0.2, -0.15) is 0 Å². The Bertz CT molecular complexity index is 331. The number of urea groups is 1. The quantitative estimate of drug-likeness (QED) is 0.508. The first-order valence-electron chi connectivity index (χ1n) is 6.27. The molecule has 0 fully saturated rings. The maximum Gasteiger partial charge on any atom is 0.315 e. The molecule has 7 heteroatoms. The third-order valence-corrected chi connectivity index (χ3v) is 2.59. The van der Waals surface area contributed by atoms with E-state index in [0.29, 0.717) is 12.3 Å². The summed E-state index contributed by atoms with van der Waals surface area (Å²) in [5.41, 5.74) is 5.01. The summed E-state index contributed by atoms with van der Waals surface area (Å²) >= 11 is 0. The van der Waals surface area contributed by atoms with Gasteiger partial charge in [0.1, 0.15) is 6.04 Å². The molecule has 2 atom stereocenters. The summed E-state index contributed by atoms with van der Waals surface area (Å²) in [6, 6.07) is -1.28. The van der Waals surface area contributed by atoms with E-state index in [0.717, 1.165) is 0 Å². The number of primary amides is 1. The van der Waals surface area contributed by atoms with Crippen molar-refractivity contribution < 1.29 is 19.5 Å². The number of carboxylic acid groups (broad SMARTS) is 1. The smallest absolute Gasteiger partial charge is 0.315 e. The molecule has 0 rings (SSSR count). The van der Waals surface area contributed by atoms with Gasteiger partial charge in [-0.25, -0.2) is 4.79 Å². The Hall–Kier alpha value is -1.79. The van der Waals surface area contributed by atoms with Crippen LogP contribution < -0.4 is 16.4 Å². The fourth-order valence-corrected chi connectivity index (χ4v) is 1.71. The molecule has 0 aromatic rings.